The van der Waals surface area contributed by atoms with Crippen molar-refractivity contribution in [3.63, 3.8) is 0 Å². The molecule has 8 nitrogen and oxygen atoms in total. The molecule has 0 radical (unpaired) electrons. The van der Waals surface area contributed by atoms with E-state index in [0.717, 1.165) is 17.4 Å². The molecule has 2 aromatic rings. The SMILES string of the molecule is COC(=O)[C@H](Cc1ccccc1)NC(=O)[C@H](COCc1ccccc1)NS(C)(=O)=O. The number of sulfonamides is 1. The molecule has 0 aromatic heterocycles. The quantitative estimate of drug-likeness (QED) is 0.511. The molecule has 2 atom stereocenters. The van der Waals surface area contributed by atoms with Gasteiger partial charge in [0, 0.05) is 6.42 Å². The predicted octanol–water partition coefficient (Wildman–Crippen LogP) is 1.02. The zero-order valence-corrected chi connectivity index (χ0v) is 17.7. The van der Waals surface area contributed by atoms with Crippen molar-refractivity contribution < 1.29 is 27.5 Å². The van der Waals surface area contributed by atoms with Gasteiger partial charge in [-0.3, -0.25) is 4.79 Å². The molecule has 9 heteroatoms. The monoisotopic (exact) mass is 434 g/mol. The minimum absolute atomic E-state index is 0.201. The Morgan fingerprint density at radius 1 is 0.933 bits per heavy atom. The maximum Gasteiger partial charge on any atom is 0.328 e. The van der Waals surface area contributed by atoms with E-state index >= 15 is 0 Å². The third-order valence-corrected chi connectivity index (χ3v) is 4.87. The maximum absolute atomic E-state index is 12.8. The number of hydrogen-bond donors (Lipinski definition) is 2. The van der Waals surface area contributed by atoms with Crippen LogP contribution in [0.25, 0.3) is 0 Å². The number of methoxy groups -OCH3 is 1. The number of carbonyl (C=O) groups is 2. The highest BCUT2D eigenvalue weighted by Gasteiger charge is 2.28. The van der Waals surface area contributed by atoms with Crippen LogP contribution in [0.5, 0.6) is 0 Å². The molecule has 0 aliphatic rings. The van der Waals surface area contributed by atoms with Gasteiger partial charge < -0.3 is 14.8 Å². The van der Waals surface area contributed by atoms with E-state index in [9.17, 15) is 18.0 Å². The van der Waals surface area contributed by atoms with E-state index in [-0.39, 0.29) is 19.6 Å². The van der Waals surface area contributed by atoms with Gasteiger partial charge in [0.1, 0.15) is 12.1 Å². The minimum atomic E-state index is -3.69. The Labute approximate surface area is 176 Å². The molecule has 2 aromatic carbocycles. The largest absolute Gasteiger partial charge is 0.467 e. The third kappa shape index (κ3) is 8.32. The van der Waals surface area contributed by atoms with Gasteiger partial charge in [0.05, 0.1) is 26.6 Å². The maximum atomic E-state index is 12.8. The van der Waals surface area contributed by atoms with Crippen LogP contribution in [0.1, 0.15) is 11.1 Å². The van der Waals surface area contributed by atoms with Gasteiger partial charge >= 0.3 is 5.97 Å². The summed E-state index contributed by atoms with van der Waals surface area (Å²) >= 11 is 0. The van der Waals surface area contributed by atoms with Crippen LogP contribution in [0.3, 0.4) is 0 Å². The summed E-state index contributed by atoms with van der Waals surface area (Å²) in [5.41, 5.74) is 1.70. The molecule has 30 heavy (non-hydrogen) atoms. The van der Waals surface area contributed by atoms with Crippen LogP contribution in [-0.4, -0.2) is 52.4 Å². The van der Waals surface area contributed by atoms with Crippen LogP contribution < -0.4 is 10.0 Å². The molecule has 2 N–H and O–H groups in total. The number of amides is 1. The van der Waals surface area contributed by atoms with Crippen molar-refractivity contribution in [2.45, 2.75) is 25.1 Å². The molecule has 162 valence electrons. The summed E-state index contributed by atoms with van der Waals surface area (Å²) in [6.45, 7) is 0.00747. The summed E-state index contributed by atoms with van der Waals surface area (Å²) in [6.07, 6.45) is 1.15. The van der Waals surface area contributed by atoms with Crippen LogP contribution in [0, 0.1) is 0 Å². The molecule has 0 heterocycles. The molecule has 0 fully saturated rings. The molecule has 1 amide bonds. The first-order valence-electron chi connectivity index (χ1n) is 9.29. The normalized spacial score (nSPS) is 13.3. The standard InChI is InChI=1S/C21H26N2O6S/c1-28-21(25)18(13-16-9-5-3-6-10-16)22-20(24)19(23-30(2,26)27)15-29-14-17-11-7-4-8-12-17/h3-12,18-19,23H,13-15H2,1-2H3,(H,22,24)/t18-,19-/m0/s1. The first kappa shape index (κ1) is 23.5. The van der Waals surface area contributed by atoms with Crippen molar-refractivity contribution in [1.82, 2.24) is 10.0 Å². The van der Waals surface area contributed by atoms with E-state index in [1.165, 1.54) is 7.11 Å². The fourth-order valence-electron chi connectivity index (χ4n) is 2.75. The number of carbonyl (C=O) groups excluding carboxylic acids is 2. The van der Waals surface area contributed by atoms with Gasteiger partial charge in [-0.2, -0.15) is 0 Å². The summed E-state index contributed by atoms with van der Waals surface area (Å²) in [5, 5.41) is 2.57. The molecule has 0 aliphatic heterocycles. The molecule has 0 saturated carbocycles. The van der Waals surface area contributed by atoms with Gasteiger partial charge in [-0.05, 0) is 11.1 Å². The lowest BCUT2D eigenvalue weighted by molar-refractivity contribution is -0.145. The van der Waals surface area contributed by atoms with Crippen molar-refractivity contribution in [2.75, 3.05) is 20.0 Å². The van der Waals surface area contributed by atoms with Crippen molar-refractivity contribution in [1.29, 1.82) is 0 Å². The molecule has 2 rings (SSSR count). The van der Waals surface area contributed by atoms with Crippen molar-refractivity contribution in [3.05, 3.63) is 71.8 Å². The van der Waals surface area contributed by atoms with E-state index in [1.54, 1.807) is 0 Å². The second-order valence-corrected chi connectivity index (χ2v) is 8.50. The van der Waals surface area contributed by atoms with Crippen LogP contribution in [0.4, 0.5) is 0 Å². The number of esters is 1. The predicted molar refractivity (Wildman–Crippen MR) is 112 cm³/mol. The fourth-order valence-corrected chi connectivity index (χ4v) is 3.44. The number of hydrogen-bond acceptors (Lipinski definition) is 6. The Hall–Kier alpha value is -2.75. The van der Waals surface area contributed by atoms with E-state index in [1.807, 2.05) is 60.7 Å². The van der Waals surface area contributed by atoms with Gasteiger partial charge in [-0.15, -0.1) is 0 Å². The van der Waals surface area contributed by atoms with Crippen LogP contribution in [0.2, 0.25) is 0 Å². The Morgan fingerprint density at radius 2 is 1.50 bits per heavy atom. The van der Waals surface area contributed by atoms with Crippen molar-refractivity contribution in [2.24, 2.45) is 0 Å². The van der Waals surface area contributed by atoms with E-state index in [0.29, 0.717) is 0 Å². The highest BCUT2D eigenvalue weighted by Crippen LogP contribution is 2.06. The van der Waals surface area contributed by atoms with Gasteiger partial charge in [-0.25, -0.2) is 17.9 Å². The molecule has 0 aliphatic carbocycles. The number of benzene rings is 2. The van der Waals surface area contributed by atoms with Crippen LogP contribution in [0.15, 0.2) is 60.7 Å². The molecular formula is C21H26N2O6S. The van der Waals surface area contributed by atoms with Gasteiger partial charge in [-0.1, -0.05) is 60.7 Å². The average Bonchev–Trinajstić information content (AvgIpc) is 2.72. The number of ether oxygens (including phenoxy) is 2. The Balaban J connectivity index is 2.06. The summed E-state index contributed by atoms with van der Waals surface area (Å²) in [6, 6.07) is 16.2. The van der Waals surface area contributed by atoms with E-state index in [2.05, 4.69) is 10.0 Å². The first-order chi connectivity index (χ1) is 14.3. The molecule has 0 saturated heterocycles. The average molecular weight is 435 g/mol. The Bertz CT molecular complexity index is 919. The molecular weight excluding hydrogens is 408 g/mol. The summed E-state index contributed by atoms with van der Waals surface area (Å²) in [5.74, 6) is -1.31. The fraction of sp³-hybridized carbons (Fsp3) is 0.333. The lowest BCUT2D eigenvalue weighted by Crippen LogP contribution is -2.54. The van der Waals surface area contributed by atoms with Gasteiger partial charge in [0.2, 0.25) is 15.9 Å². The summed E-state index contributed by atoms with van der Waals surface area (Å²) < 4.78 is 36.0. The third-order valence-electron chi connectivity index (χ3n) is 4.15. The van der Waals surface area contributed by atoms with Gasteiger partial charge in [0.15, 0.2) is 0 Å². The number of rotatable bonds is 11. The van der Waals surface area contributed by atoms with Gasteiger partial charge in [0.25, 0.3) is 0 Å². The highest BCUT2D eigenvalue weighted by atomic mass is 32.2. The molecule has 0 spiro atoms. The lowest BCUT2D eigenvalue weighted by atomic mass is 10.1. The minimum Gasteiger partial charge on any atom is -0.467 e. The zero-order chi connectivity index (χ0) is 22.0. The highest BCUT2D eigenvalue weighted by molar-refractivity contribution is 7.88. The lowest BCUT2D eigenvalue weighted by Gasteiger charge is -2.22. The summed E-state index contributed by atoms with van der Waals surface area (Å²) in [7, 11) is -2.47. The van der Waals surface area contributed by atoms with Crippen LogP contribution >= 0.6 is 0 Å². The van der Waals surface area contributed by atoms with E-state index < -0.39 is 34.0 Å². The molecule has 0 bridgehead atoms. The number of nitrogens with one attached hydrogen (secondary N) is 2. The second-order valence-electron chi connectivity index (χ2n) is 6.72. The summed E-state index contributed by atoms with van der Waals surface area (Å²) in [4.78, 5) is 24.9. The zero-order valence-electron chi connectivity index (χ0n) is 16.9. The Morgan fingerprint density at radius 3 is 2.03 bits per heavy atom. The first-order valence-corrected chi connectivity index (χ1v) is 11.2. The van der Waals surface area contributed by atoms with Crippen LogP contribution in [-0.2, 0) is 42.1 Å². The van der Waals surface area contributed by atoms with Crippen molar-refractivity contribution in [3.8, 4) is 0 Å². The smallest absolute Gasteiger partial charge is 0.328 e. The van der Waals surface area contributed by atoms with Crippen molar-refractivity contribution >= 4 is 21.9 Å². The topological polar surface area (TPSA) is 111 Å². The second kappa shape index (κ2) is 11.4. The molecule has 0 unspecified atom stereocenters. The van der Waals surface area contributed by atoms with E-state index in [4.69, 9.17) is 9.47 Å². The Kier molecular flexibility index (Phi) is 8.97.